The largest absolute Gasteiger partial charge is 0.336 e. The molecule has 23 heavy (non-hydrogen) atoms. The van der Waals surface area contributed by atoms with Crippen LogP contribution in [-0.4, -0.2) is 57.2 Å². The van der Waals surface area contributed by atoms with Crippen LogP contribution in [0.1, 0.15) is 57.4 Å². The van der Waals surface area contributed by atoms with Gasteiger partial charge < -0.3 is 4.90 Å². The lowest BCUT2D eigenvalue weighted by atomic mass is 9.91. The van der Waals surface area contributed by atoms with Gasteiger partial charge in [0.1, 0.15) is 0 Å². The Hall–Kier alpha value is -1.36. The van der Waals surface area contributed by atoms with E-state index in [0.717, 1.165) is 38.8 Å². The van der Waals surface area contributed by atoms with Gasteiger partial charge in [-0.05, 0) is 70.5 Å². The van der Waals surface area contributed by atoms with Crippen LogP contribution in [0.25, 0.3) is 0 Å². The molecule has 128 valence electrons. The highest BCUT2D eigenvalue weighted by Gasteiger charge is 2.31. The summed E-state index contributed by atoms with van der Waals surface area (Å²) in [5.74, 6) is 0.924. The van der Waals surface area contributed by atoms with E-state index >= 15 is 0 Å². The van der Waals surface area contributed by atoms with Gasteiger partial charge in [0, 0.05) is 25.3 Å². The van der Waals surface area contributed by atoms with Crippen molar-refractivity contribution in [3.05, 3.63) is 18.0 Å². The average Bonchev–Trinajstić information content (AvgIpc) is 2.94. The van der Waals surface area contributed by atoms with Gasteiger partial charge in [-0.1, -0.05) is 0 Å². The summed E-state index contributed by atoms with van der Waals surface area (Å²) >= 11 is 0. The lowest BCUT2D eigenvalue weighted by Crippen LogP contribution is -2.51. The highest BCUT2D eigenvalue weighted by molar-refractivity contribution is 5.79. The number of piperidine rings is 2. The van der Waals surface area contributed by atoms with Crippen molar-refractivity contribution in [2.75, 3.05) is 19.6 Å². The van der Waals surface area contributed by atoms with E-state index in [9.17, 15) is 4.79 Å². The van der Waals surface area contributed by atoms with Crippen LogP contribution in [0.3, 0.4) is 0 Å². The van der Waals surface area contributed by atoms with Crippen LogP contribution in [0.4, 0.5) is 0 Å². The number of carbonyl (C=O) groups excluding carboxylic acids is 1. The van der Waals surface area contributed by atoms with Crippen LogP contribution in [0.2, 0.25) is 0 Å². The highest BCUT2D eigenvalue weighted by atomic mass is 16.2. The Labute approximate surface area is 139 Å². The Morgan fingerprint density at radius 3 is 2.39 bits per heavy atom. The maximum atomic E-state index is 12.7. The zero-order valence-electron chi connectivity index (χ0n) is 14.7. The lowest BCUT2D eigenvalue weighted by Gasteiger charge is -2.41. The molecule has 0 aromatic carbocycles. The van der Waals surface area contributed by atoms with Crippen molar-refractivity contribution < 1.29 is 4.79 Å². The Bertz CT molecular complexity index is 523. The molecule has 5 heteroatoms. The summed E-state index contributed by atoms with van der Waals surface area (Å²) in [5.41, 5.74) is 1.34. The molecule has 0 unspecified atom stereocenters. The minimum atomic E-state index is 0.324. The van der Waals surface area contributed by atoms with E-state index in [-0.39, 0.29) is 0 Å². The number of likely N-dealkylation sites (tertiary alicyclic amines) is 2. The number of aryl methyl sites for hydroxylation is 1. The van der Waals surface area contributed by atoms with Crippen LogP contribution in [0.15, 0.2) is 12.4 Å². The predicted octanol–water partition coefficient (Wildman–Crippen LogP) is 2.39. The molecule has 0 N–H and O–H groups in total. The van der Waals surface area contributed by atoms with Gasteiger partial charge in [-0.2, -0.15) is 5.10 Å². The van der Waals surface area contributed by atoms with Gasteiger partial charge in [0.05, 0.1) is 12.7 Å². The molecule has 5 nitrogen and oxygen atoms in total. The third-order valence-corrected chi connectivity index (χ3v) is 5.62. The first kappa shape index (κ1) is 16.5. The molecule has 2 atom stereocenters. The summed E-state index contributed by atoms with van der Waals surface area (Å²) in [6, 6.07) is 0.804. The van der Waals surface area contributed by atoms with Crippen molar-refractivity contribution in [2.24, 2.45) is 7.05 Å². The molecule has 0 aliphatic carbocycles. The van der Waals surface area contributed by atoms with E-state index in [0.29, 0.717) is 30.5 Å². The van der Waals surface area contributed by atoms with Crippen LogP contribution in [0.5, 0.6) is 0 Å². The summed E-state index contributed by atoms with van der Waals surface area (Å²) in [7, 11) is 1.97. The minimum Gasteiger partial charge on any atom is -0.336 e. The van der Waals surface area contributed by atoms with E-state index in [1.54, 1.807) is 0 Å². The number of hydrogen-bond donors (Lipinski definition) is 0. The summed E-state index contributed by atoms with van der Waals surface area (Å²) in [6.07, 6.45) is 9.93. The molecule has 2 aliphatic heterocycles. The number of aromatic nitrogens is 2. The summed E-state index contributed by atoms with van der Waals surface area (Å²) in [6.45, 7) is 7.02. The summed E-state index contributed by atoms with van der Waals surface area (Å²) in [4.78, 5) is 17.2. The van der Waals surface area contributed by atoms with E-state index in [2.05, 4.69) is 34.9 Å². The molecule has 0 spiro atoms. The van der Waals surface area contributed by atoms with Gasteiger partial charge in [0.15, 0.2) is 0 Å². The Morgan fingerprint density at radius 1 is 1.17 bits per heavy atom. The monoisotopic (exact) mass is 318 g/mol. The Balaban J connectivity index is 1.51. The summed E-state index contributed by atoms with van der Waals surface area (Å²) in [5, 5.41) is 4.28. The second kappa shape index (κ2) is 7.04. The van der Waals surface area contributed by atoms with Crippen molar-refractivity contribution in [3.8, 4) is 0 Å². The molecule has 2 aliphatic rings. The number of rotatable bonds is 3. The zero-order chi connectivity index (χ0) is 16.4. The molecule has 2 saturated heterocycles. The Morgan fingerprint density at radius 2 is 1.83 bits per heavy atom. The number of carbonyl (C=O) groups is 1. The second-order valence-corrected chi connectivity index (χ2v) is 7.43. The molecular weight excluding hydrogens is 288 g/mol. The van der Waals surface area contributed by atoms with Gasteiger partial charge in [0.25, 0.3) is 0 Å². The normalized spacial score (nSPS) is 27.3. The standard InChI is InChI=1S/C18H30N4O/c1-14-5-4-6-15(2)22(14)18(23)13-21-9-7-16(8-10-21)17-11-19-20(3)12-17/h11-12,14-16H,4-10,13H2,1-3H3/t14-,15-/m1/s1. The van der Waals surface area contributed by atoms with Crippen molar-refractivity contribution in [1.29, 1.82) is 0 Å². The number of amides is 1. The average molecular weight is 318 g/mol. The van der Waals surface area contributed by atoms with Crippen LogP contribution in [0, 0.1) is 0 Å². The first-order valence-corrected chi connectivity index (χ1v) is 9.06. The molecule has 2 fully saturated rings. The first-order valence-electron chi connectivity index (χ1n) is 9.06. The molecule has 1 amide bonds. The topological polar surface area (TPSA) is 41.4 Å². The molecular formula is C18H30N4O. The second-order valence-electron chi connectivity index (χ2n) is 7.43. The molecule has 0 saturated carbocycles. The van der Waals surface area contributed by atoms with Crippen molar-refractivity contribution in [1.82, 2.24) is 19.6 Å². The van der Waals surface area contributed by atoms with Crippen molar-refractivity contribution >= 4 is 5.91 Å². The lowest BCUT2D eigenvalue weighted by molar-refractivity contribution is -0.138. The Kier molecular flexibility index (Phi) is 5.05. The molecule has 0 radical (unpaired) electrons. The number of hydrogen-bond acceptors (Lipinski definition) is 3. The summed E-state index contributed by atoms with van der Waals surface area (Å²) < 4.78 is 1.88. The van der Waals surface area contributed by atoms with E-state index in [1.807, 2.05) is 17.9 Å². The highest BCUT2D eigenvalue weighted by Crippen LogP contribution is 2.28. The van der Waals surface area contributed by atoms with Gasteiger partial charge in [-0.25, -0.2) is 0 Å². The molecule has 3 rings (SSSR count). The van der Waals surface area contributed by atoms with E-state index in [1.165, 1.54) is 12.0 Å². The fraction of sp³-hybridized carbons (Fsp3) is 0.778. The zero-order valence-corrected chi connectivity index (χ0v) is 14.7. The molecule has 1 aromatic heterocycles. The molecule has 1 aromatic rings. The quantitative estimate of drug-likeness (QED) is 0.859. The van der Waals surface area contributed by atoms with Crippen LogP contribution >= 0.6 is 0 Å². The fourth-order valence-corrected chi connectivity index (χ4v) is 4.26. The smallest absolute Gasteiger partial charge is 0.237 e. The maximum Gasteiger partial charge on any atom is 0.237 e. The molecule has 0 bridgehead atoms. The van der Waals surface area contributed by atoms with Gasteiger partial charge >= 0.3 is 0 Å². The fourth-order valence-electron chi connectivity index (χ4n) is 4.26. The third-order valence-electron chi connectivity index (χ3n) is 5.62. The first-order chi connectivity index (χ1) is 11.0. The van der Waals surface area contributed by atoms with Crippen molar-refractivity contribution in [3.63, 3.8) is 0 Å². The van der Waals surface area contributed by atoms with Crippen LogP contribution in [-0.2, 0) is 11.8 Å². The van der Waals surface area contributed by atoms with E-state index < -0.39 is 0 Å². The van der Waals surface area contributed by atoms with Crippen LogP contribution < -0.4 is 0 Å². The predicted molar refractivity (Wildman–Crippen MR) is 91.2 cm³/mol. The van der Waals surface area contributed by atoms with E-state index in [4.69, 9.17) is 0 Å². The van der Waals surface area contributed by atoms with Gasteiger partial charge in [-0.15, -0.1) is 0 Å². The van der Waals surface area contributed by atoms with Crippen molar-refractivity contribution in [2.45, 2.75) is 64.0 Å². The van der Waals surface area contributed by atoms with Gasteiger partial charge in [-0.3, -0.25) is 14.4 Å². The molecule has 3 heterocycles. The maximum absolute atomic E-state index is 12.7. The minimum absolute atomic E-state index is 0.324. The number of nitrogens with zero attached hydrogens (tertiary/aromatic N) is 4. The van der Waals surface area contributed by atoms with Gasteiger partial charge in [0.2, 0.25) is 5.91 Å². The third kappa shape index (κ3) is 3.77. The SMILES string of the molecule is C[C@@H]1CCC[C@@H](C)N1C(=O)CN1CCC(c2cnn(C)c2)CC1.